The maximum absolute atomic E-state index is 12.3. The first-order valence-electron chi connectivity index (χ1n) is 19.3. The van der Waals surface area contributed by atoms with Crippen molar-refractivity contribution in [3.8, 4) is 17.2 Å². The number of nitrogens with zero attached hydrogens (tertiary/aromatic N) is 1. The van der Waals surface area contributed by atoms with Crippen LogP contribution >= 0.6 is 0 Å². The van der Waals surface area contributed by atoms with Crippen LogP contribution in [0.5, 0.6) is 17.2 Å². The number of rotatable bonds is 5. The van der Waals surface area contributed by atoms with Crippen molar-refractivity contribution in [2.45, 2.75) is 32.1 Å². The van der Waals surface area contributed by atoms with Crippen molar-refractivity contribution in [1.82, 2.24) is 15.3 Å². The van der Waals surface area contributed by atoms with Gasteiger partial charge < -0.3 is 29.5 Å². The summed E-state index contributed by atoms with van der Waals surface area (Å²) in [5.74, 6) is 2.97. The molecule has 0 fully saturated rings. The number of aromatic nitrogens is 2. The second-order valence-electron chi connectivity index (χ2n) is 14.0. The number of hydrogen-bond donors (Lipinski definition) is 3. The van der Waals surface area contributed by atoms with Crippen molar-refractivity contribution in [3.05, 3.63) is 160 Å². The molecule has 0 spiro atoms. The zero-order valence-electron chi connectivity index (χ0n) is 31.4. The molecule has 2 aromatic heterocycles. The van der Waals surface area contributed by atoms with E-state index in [1.807, 2.05) is 54.7 Å². The Morgan fingerprint density at radius 3 is 2.09 bits per heavy atom. The van der Waals surface area contributed by atoms with E-state index in [1.54, 1.807) is 0 Å². The monoisotopic (exact) mass is 758 g/mol. The summed E-state index contributed by atoms with van der Waals surface area (Å²) in [5, 5.41) is 5.55. The molecular weight excluding hydrogens is 717 g/mol. The van der Waals surface area contributed by atoms with Crippen LogP contribution in [0.15, 0.2) is 120 Å². The Morgan fingerprint density at radius 2 is 1.32 bits per heavy atom. The summed E-state index contributed by atoms with van der Waals surface area (Å²) in [7, 11) is 0. The Balaban J connectivity index is 0.000000125. The third-order valence-corrected chi connectivity index (χ3v) is 10.6. The smallest absolute Gasteiger partial charge is 0.373 e. The van der Waals surface area contributed by atoms with Crippen molar-refractivity contribution < 1.29 is 28.6 Å². The third kappa shape index (κ3) is 8.22. The highest BCUT2D eigenvalue weighted by Crippen LogP contribution is 2.32. The Kier molecular flexibility index (Phi) is 11.2. The van der Waals surface area contributed by atoms with E-state index in [-0.39, 0.29) is 12.1 Å². The van der Waals surface area contributed by atoms with Gasteiger partial charge in [0.2, 0.25) is 0 Å². The first kappa shape index (κ1) is 37.0. The molecule has 10 heteroatoms. The van der Waals surface area contributed by atoms with Crippen molar-refractivity contribution in [1.29, 1.82) is 0 Å². The molecule has 0 atom stereocenters. The van der Waals surface area contributed by atoms with E-state index in [0.717, 1.165) is 85.9 Å². The highest BCUT2D eigenvalue weighted by atomic mass is 16.5. The van der Waals surface area contributed by atoms with Crippen LogP contribution in [-0.2, 0) is 41.7 Å². The standard InChI is InChI=1S/C19H18N2O2.C19H16N2O.C8H8O.CO2/c22-19(14-5-6-18-13(11-14)8-10-23-18)20-9-7-15-12-21-17-4-2-1-3-16(15)17;1-2-4-16-14(3-1)15-7-9-20-18(19(15)21-16)13-5-6-17-12(11-13)8-10-22-17;1-2-4-8-7(3-1)5-6-9-8;2-1-3/h1-6,11-12,21H,7-10H2,(H,20,22);1-6,11,21H,7-10H2;1-4H,5-6H2;. The number of nitrogens with one attached hydrogen (secondary N) is 3. The van der Waals surface area contributed by atoms with Crippen LogP contribution in [0, 0.1) is 0 Å². The van der Waals surface area contributed by atoms with Crippen LogP contribution in [0.3, 0.4) is 0 Å². The third-order valence-electron chi connectivity index (χ3n) is 10.6. The van der Waals surface area contributed by atoms with Gasteiger partial charge in [-0.15, -0.1) is 0 Å². The summed E-state index contributed by atoms with van der Waals surface area (Å²) in [5.41, 5.74) is 12.9. The largest absolute Gasteiger partial charge is 0.493 e. The molecule has 5 aromatic carbocycles. The minimum atomic E-state index is -0.0282. The first-order chi connectivity index (χ1) is 28.1. The fourth-order valence-electron chi connectivity index (χ4n) is 7.79. The summed E-state index contributed by atoms with van der Waals surface area (Å²) in [6.45, 7) is 3.84. The molecule has 0 aliphatic carbocycles. The van der Waals surface area contributed by atoms with E-state index in [1.165, 1.54) is 49.8 Å². The molecule has 286 valence electrons. The summed E-state index contributed by atoms with van der Waals surface area (Å²) in [6.07, 6.45) is 7.04. The van der Waals surface area contributed by atoms with E-state index in [4.69, 9.17) is 28.8 Å². The number of carbonyl (C=O) groups is 1. The molecule has 0 unspecified atom stereocenters. The average Bonchev–Trinajstić information content (AvgIpc) is 4.11. The lowest BCUT2D eigenvalue weighted by molar-refractivity contribution is -0.191. The Hall–Kier alpha value is -6.90. The van der Waals surface area contributed by atoms with Gasteiger partial charge in [0.25, 0.3) is 5.91 Å². The average molecular weight is 759 g/mol. The number of hydrogen-bond acceptors (Lipinski definition) is 7. The Morgan fingerprint density at radius 1 is 0.684 bits per heavy atom. The maximum Gasteiger partial charge on any atom is 0.373 e. The van der Waals surface area contributed by atoms with Crippen molar-refractivity contribution >= 4 is 39.6 Å². The maximum atomic E-state index is 12.3. The molecular formula is C47H42N4O6. The number of amides is 1. The molecule has 0 bridgehead atoms. The molecule has 11 rings (SSSR count). The number of para-hydroxylation sites is 3. The minimum absolute atomic E-state index is 0.0282. The van der Waals surface area contributed by atoms with Gasteiger partial charge in [-0.05, 0) is 95.3 Å². The number of aromatic amines is 2. The van der Waals surface area contributed by atoms with Gasteiger partial charge in [0.1, 0.15) is 17.2 Å². The number of fused-ring (bicyclic) bond motifs is 7. The van der Waals surface area contributed by atoms with E-state index in [2.05, 4.69) is 75.9 Å². The topological polar surface area (TPSA) is 135 Å². The second kappa shape index (κ2) is 17.3. The molecule has 10 nitrogen and oxygen atoms in total. The molecule has 6 heterocycles. The minimum Gasteiger partial charge on any atom is -0.493 e. The number of ether oxygens (including phenoxy) is 3. The molecule has 4 aliphatic rings. The summed E-state index contributed by atoms with van der Waals surface area (Å²) in [6, 6.07) is 37.0. The summed E-state index contributed by atoms with van der Waals surface area (Å²) in [4.78, 5) is 40.2. The van der Waals surface area contributed by atoms with E-state index < -0.39 is 0 Å². The number of aliphatic imine (C=N–C) groups is 1. The molecule has 7 aromatic rings. The fourth-order valence-corrected chi connectivity index (χ4v) is 7.79. The van der Waals surface area contributed by atoms with E-state index >= 15 is 0 Å². The van der Waals surface area contributed by atoms with Crippen LogP contribution in [0.25, 0.3) is 21.8 Å². The van der Waals surface area contributed by atoms with Crippen LogP contribution in [-0.4, -0.2) is 60.6 Å². The van der Waals surface area contributed by atoms with Gasteiger partial charge in [-0.2, -0.15) is 9.59 Å². The summed E-state index contributed by atoms with van der Waals surface area (Å²) >= 11 is 0. The van der Waals surface area contributed by atoms with Crippen LogP contribution in [0.1, 0.15) is 49.4 Å². The van der Waals surface area contributed by atoms with Crippen LogP contribution < -0.4 is 19.5 Å². The summed E-state index contributed by atoms with van der Waals surface area (Å²) < 4.78 is 16.4. The van der Waals surface area contributed by atoms with Crippen LogP contribution in [0.4, 0.5) is 0 Å². The zero-order valence-corrected chi connectivity index (χ0v) is 31.4. The normalized spacial score (nSPS) is 13.9. The SMILES string of the molecule is O=C(NCCc1c[nH]c2ccccc12)c1ccc2c(c1)CCO2.O=C=O.c1ccc2c(c1)CCO2.c1ccc2c3c([nH]c2c1)C(c1ccc2c(c1)CCO2)=NCC3. The van der Waals surface area contributed by atoms with Gasteiger partial charge in [-0.1, -0.05) is 54.6 Å². The van der Waals surface area contributed by atoms with Gasteiger partial charge in [-0.25, -0.2) is 0 Å². The van der Waals surface area contributed by atoms with E-state index in [0.29, 0.717) is 18.7 Å². The highest BCUT2D eigenvalue weighted by Gasteiger charge is 2.22. The lowest BCUT2D eigenvalue weighted by atomic mass is 9.96. The Labute approximate surface area is 329 Å². The van der Waals surface area contributed by atoms with Gasteiger partial charge in [-0.3, -0.25) is 9.79 Å². The first-order valence-corrected chi connectivity index (χ1v) is 19.3. The molecule has 4 aliphatic heterocycles. The van der Waals surface area contributed by atoms with Gasteiger partial charge >= 0.3 is 6.15 Å². The Bertz CT molecular complexity index is 2590. The number of benzene rings is 5. The van der Waals surface area contributed by atoms with Gasteiger partial charge in [0.05, 0.1) is 31.2 Å². The van der Waals surface area contributed by atoms with Crippen molar-refractivity contribution in [3.63, 3.8) is 0 Å². The lowest BCUT2D eigenvalue weighted by Gasteiger charge is -2.14. The molecule has 57 heavy (non-hydrogen) atoms. The molecule has 0 saturated carbocycles. The molecule has 0 radical (unpaired) electrons. The predicted octanol–water partition coefficient (Wildman–Crippen LogP) is 7.61. The lowest BCUT2D eigenvalue weighted by Crippen LogP contribution is -2.25. The molecule has 0 saturated heterocycles. The second-order valence-corrected chi connectivity index (χ2v) is 14.0. The van der Waals surface area contributed by atoms with Crippen molar-refractivity contribution in [2.24, 2.45) is 4.99 Å². The predicted molar refractivity (Wildman–Crippen MR) is 219 cm³/mol. The molecule has 3 N–H and O–H groups in total. The van der Waals surface area contributed by atoms with Gasteiger partial charge in [0.15, 0.2) is 0 Å². The van der Waals surface area contributed by atoms with E-state index in [9.17, 15) is 4.79 Å². The molecule has 1 amide bonds. The number of H-pyrrole nitrogens is 2. The van der Waals surface area contributed by atoms with Gasteiger partial charge in [0, 0.05) is 71.5 Å². The zero-order chi connectivity index (χ0) is 39.0. The quantitative estimate of drug-likeness (QED) is 0.166. The fraction of sp³-hybridized carbons (Fsp3) is 0.213. The van der Waals surface area contributed by atoms with Crippen LogP contribution in [0.2, 0.25) is 0 Å². The number of carbonyl (C=O) groups excluding carboxylic acids is 3. The van der Waals surface area contributed by atoms with Crippen molar-refractivity contribution in [2.75, 3.05) is 32.9 Å². The highest BCUT2D eigenvalue weighted by molar-refractivity contribution is 6.16.